The number of likely N-dealkylation sites (tertiary alicyclic amines) is 1. The lowest BCUT2D eigenvalue weighted by molar-refractivity contribution is -0.130. The average molecular weight is 417 g/mol. The zero-order chi connectivity index (χ0) is 20.6. The van der Waals surface area contributed by atoms with Crippen LogP contribution in [0.1, 0.15) is 24.2 Å². The van der Waals surface area contributed by atoms with Crippen molar-refractivity contribution in [1.29, 1.82) is 0 Å². The maximum Gasteiger partial charge on any atom is 0.225 e. The van der Waals surface area contributed by atoms with E-state index in [-0.39, 0.29) is 42.3 Å². The number of nitrogens with zero attached hydrogens (tertiary/aromatic N) is 4. The van der Waals surface area contributed by atoms with Crippen LogP contribution in [0.5, 0.6) is 0 Å². The van der Waals surface area contributed by atoms with E-state index in [0.29, 0.717) is 13.0 Å². The smallest absolute Gasteiger partial charge is 0.225 e. The molecular formula is C19H23N5O4S. The maximum absolute atomic E-state index is 12.6. The molecule has 4 rings (SSSR count). The molecule has 0 saturated carbocycles. The van der Waals surface area contributed by atoms with Gasteiger partial charge in [0.2, 0.25) is 11.8 Å². The number of aryl methyl sites for hydroxylation is 1. The predicted octanol–water partition coefficient (Wildman–Crippen LogP) is 0.228. The first-order valence-electron chi connectivity index (χ1n) is 9.55. The highest BCUT2D eigenvalue weighted by Crippen LogP contribution is 2.26. The molecule has 0 aliphatic carbocycles. The Labute approximate surface area is 169 Å². The van der Waals surface area contributed by atoms with Crippen LogP contribution in [0.3, 0.4) is 0 Å². The molecule has 1 N–H and O–H groups in total. The number of carbonyl (C=O) groups excluding carboxylic acids is 2. The molecule has 0 radical (unpaired) electrons. The molecule has 4 heterocycles. The number of amides is 2. The van der Waals surface area contributed by atoms with Crippen molar-refractivity contribution in [2.75, 3.05) is 18.1 Å². The van der Waals surface area contributed by atoms with Crippen LogP contribution in [0, 0.1) is 12.8 Å². The Morgan fingerprint density at radius 1 is 1.31 bits per heavy atom. The summed E-state index contributed by atoms with van der Waals surface area (Å²) in [5.41, 5.74) is 0.888. The number of carbonyl (C=O) groups is 2. The quantitative estimate of drug-likeness (QED) is 0.745. The second-order valence-electron chi connectivity index (χ2n) is 7.59. The molecule has 0 spiro atoms. The van der Waals surface area contributed by atoms with Gasteiger partial charge in [-0.2, -0.15) is 0 Å². The first-order valence-corrected chi connectivity index (χ1v) is 11.4. The Morgan fingerprint density at radius 3 is 2.83 bits per heavy atom. The number of aromatic nitrogens is 3. The van der Waals surface area contributed by atoms with Crippen LogP contribution in [0.25, 0.3) is 5.82 Å². The van der Waals surface area contributed by atoms with Crippen molar-refractivity contribution < 1.29 is 18.0 Å². The minimum absolute atomic E-state index is 0.000534. The van der Waals surface area contributed by atoms with Gasteiger partial charge in [0.1, 0.15) is 11.6 Å². The summed E-state index contributed by atoms with van der Waals surface area (Å²) in [6.07, 6.45) is 5.78. The van der Waals surface area contributed by atoms with E-state index in [1.54, 1.807) is 17.3 Å². The number of hydrogen-bond acceptors (Lipinski definition) is 6. The Morgan fingerprint density at radius 2 is 2.14 bits per heavy atom. The minimum atomic E-state index is -3.07. The Balaban J connectivity index is 1.36. The molecule has 2 atom stereocenters. The predicted molar refractivity (Wildman–Crippen MR) is 105 cm³/mol. The molecule has 2 saturated heterocycles. The third-order valence-electron chi connectivity index (χ3n) is 5.53. The van der Waals surface area contributed by atoms with E-state index < -0.39 is 15.8 Å². The number of hydrogen-bond donors (Lipinski definition) is 1. The third kappa shape index (κ3) is 4.16. The summed E-state index contributed by atoms with van der Waals surface area (Å²) in [5.74, 6) is 0.851. The summed E-state index contributed by atoms with van der Waals surface area (Å²) in [6, 6.07) is 3.40. The Hall–Kier alpha value is -2.75. The summed E-state index contributed by atoms with van der Waals surface area (Å²) < 4.78 is 25.2. The van der Waals surface area contributed by atoms with Gasteiger partial charge in [-0.1, -0.05) is 0 Å². The Kier molecular flexibility index (Phi) is 5.12. The monoisotopic (exact) mass is 417 g/mol. The molecule has 2 aromatic rings. The van der Waals surface area contributed by atoms with E-state index in [1.165, 1.54) is 0 Å². The fraction of sp³-hybridized carbons (Fsp3) is 0.474. The molecule has 0 aromatic carbocycles. The molecule has 2 aromatic heterocycles. The SMILES string of the molecule is Cc1nccn1-c1cc(CNC(=O)[C@@H]2CC(=O)N([C@@H]3CCS(=O)(=O)C3)C2)ccn1. The van der Waals surface area contributed by atoms with Crippen LogP contribution in [-0.4, -0.2) is 63.8 Å². The fourth-order valence-corrected chi connectivity index (χ4v) is 5.67. The van der Waals surface area contributed by atoms with Gasteiger partial charge < -0.3 is 10.2 Å². The molecule has 9 nitrogen and oxygen atoms in total. The number of imidazole rings is 1. The van der Waals surface area contributed by atoms with Crippen molar-refractivity contribution in [1.82, 2.24) is 24.8 Å². The highest BCUT2D eigenvalue weighted by Gasteiger charge is 2.41. The van der Waals surface area contributed by atoms with Gasteiger partial charge in [-0.3, -0.25) is 14.2 Å². The second-order valence-corrected chi connectivity index (χ2v) is 9.82. The van der Waals surface area contributed by atoms with Crippen molar-refractivity contribution in [3.8, 4) is 5.82 Å². The van der Waals surface area contributed by atoms with Crippen molar-refractivity contribution in [3.63, 3.8) is 0 Å². The summed E-state index contributed by atoms with van der Waals surface area (Å²) in [6.45, 7) is 2.49. The van der Waals surface area contributed by atoms with E-state index in [1.807, 2.05) is 29.8 Å². The standard InChI is InChI=1S/C19H23N5O4S/c1-13-20-5-6-23(13)17-8-14(2-4-21-17)10-22-19(26)15-9-18(25)24(11-15)16-3-7-29(27,28)12-16/h2,4-6,8,15-16H,3,7,9-12H2,1H3,(H,22,26)/t15-,16-/m1/s1. The summed E-state index contributed by atoms with van der Waals surface area (Å²) in [5, 5.41) is 2.89. The Bertz CT molecular complexity index is 1050. The minimum Gasteiger partial charge on any atom is -0.352 e. The third-order valence-corrected chi connectivity index (χ3v) is 7.28. The van der Waals surface area contributed by atoms with Crippen LogP contribution in [0.2, 0.25) is 0 Å². The molecule has 2 aliphatic rings. The van der Waals surface area contributed by atoms with Gasteiger partial charge in [0.15, 0.2) is 9.84 Å². The van der Waals surface area contributed by atoms with Crippen LogP contribution in [0.15, 0.2) is 30.7 Å². The van der Waals surface area contributed by atoms with E-state index in [9.17, 15) is 18.0 Å². The lowest BCUT2D eigenvalue weighted by Gasteiger charge is -2.22. The molecule has 0 bridgehead atoms. The van der Waals surface area contributed by atoms with Crippen molar-refractivity contribution >= 4 is 21.7 Å². The van der Waals surface area contributed by atoms with Gasteiger partial charge in [-0.15, -0.1) is 0 Å². The average Bonchev–Trinajstić information content (AvgIpc) is 3.38. The molecule has 2 aliphatic heterocycles. The lowest BCUT2D eigenvalue weighted by Crippen LogP contribution is -2.39. The molecular weight excluding hydrogens is 394 g/mol. The van der Waals surface area contributed by atoms with Gasteiger partial charge in [0.05, 0.1) is 17.4 Å². The number of sulfone groups is 1. The molecule has 0 unspecified atom stereocenters. The van der Waals surface area contributed by atoms with Gasteiger partial charge in [0, 0.05) is 44.1 Å². The molecule has 10 heteroatoms. The summed E-state index contributed by atoms with van der Waals surface area (Å²) >= 11 is 0. The summed E-state index contributed by atoms with van der Waals surface area (Å²) in [4.78, 5) is 35.0. The van der Waals surface area contributed by atoms with Gasteiger partial charge in [0.25, 0.3) is 0 Å². The molecule has 29 heavy (non-hydrogen) atoms. The first kappa shape index (κ1) is 19.6. The number of nitrogens with one attached hydrogen (secondary N) is 1. The van der Waals surface area contributed by atoms with Crippen molar-refractivity contribution in [2.45, 2.75) is 32.4 Å². The van der Waals surface area contributed by atoms with Crippen LogP contribution in [0.4, 0.5) is 0 Å². The van der Waals surface area contributed by atoms with Gasteiger partial charge in [-0.25, -0.2) is 18.4 Å². The fourth-order valence-electron chi connectivity index (χ4n) is 3.94. The number of pyridine rings is 1. The van der Waals surface area contributed by atoms with E-state index >= 15 is 0 Å². The highest BCUT2D eigenvalue weighted by atomic mass is 32.2. The first-order chi connectivity index (χ1) is 13.8. The van der Waals surface area contributed by atoms with E-state index in [2.05, 4.69) is 15.3 Å². The van der Waals surface area contributed by atoms with Crippen LogP contribution in [-0.2, 0) is 26.0 Å². The maximum atomic E-state index is 12.6. The van der Waals surface area contributed by atoms with Crippen LogP contribution < -0.4 is 5.32 Å². The van der Waals surface area contributed by atoms with Crippen molar-refractivity contribution in [2.24, 2.45) is 5.92 Å². The van der Waals surface area contributed by atoms with Gasteiger partial charge in [-0.05, 0) is 31.0 Å². The highest BCUT2D eigenvalue weighted by molar-refractivity contribution is 7.91. The summed E-state index contributed by atoms with van der Waals surface area (Å²) in [7, 11) is -3.07. The lowest BCUT2D eigenvalue weighted by atomic mass is 10.1. The molecule has 154 valence electrons. The topological polar surface area (TPSA) is 114 Å². The zero-order valence-electron chi connectivity index (χ0n) is 16.1. The molecule has 2 amide bonds. The molecule has 2 fully saturated rings. The zero-order valence-corrected chi connectivity index (χ0v) is 16.9. The van der Waals surface area contributed by atoms with E-state index in [0.717, 1.165) is 17.2 Å². The van der Waals surface area contributed by atoms with E-state index in [4.69, 9.17) is 0 Å². The number of rotatable bonds is 5. The van der Waals surface area contributed by atoms with Crippen LogP contribution >= 0.6 is 0 Å². The van der Waals surface area contributed by atoms with Gasteiger partial charge >= 0.3 is 0 Å². The second kappa shape index (κ2) is 7.58. The largest absolute Gasteiger partial charge is 0.352 e. The van der Waals surface area contributed by atoms with Crippen molar-refractivity contribution in [3.05, 3.63) is 42.1 Å². The normalized spacial score (nSPS) is 23.5.